The van der Waals surface area contributed by atoms with Gasteiger partial charge in [-0.3, -0.25) is 24.2 Å². The number of pyridine rings is 1. The van der Waals surface area contributed by atoms with Crippen LogP contribution in [0.2, 0.25) is 0 Å². The van der Waals surface area contributed by atoms with Crippen LogP contribution in [0, 0.1) is 11.8 Å². The fourth-order valence-corrected chi connectivity index (χ4v) is 7.47. The summed E-state index contributed by atoms with van der Waals surface area (Å²) in [7, 11) is 0. The molecule has 3 saturated carbocycles. The molecule has 0 unspecified atom stereocenters. The summed E-state index contributed by atoms with van der Waals surface area (Å²) < 4.78 is 17.5. The molecule has 4 aliphatic rings. The fraction of sp³-hybridized carbons (Fsp3) is 0.750. The lowest BCUT2D eigenvalue weighted by Crippen LogP contribution is -2.41. The Morgan fingerprint density at radius 3 is 2.22 bits per heavy atom. The molecule has 0 bridgehead atoms. The molecule has 13 nitrogen and oxygen atoms in total. The van der Waals surface area contributed by atoms with Gasteiger partial charge in [0.05, 0.1) is 44.0 Å². The Labute approximate surface area is 290 Å². The minimum atomic E-state index is -0.422. The van der Waals surface area contributed by atoms with Crippen molar-refractivity contribution in [2.24, 2.45) is 17.6 Å². The largest absolute Gasteiger partial charge is 0.378 e. The highest BCUT2D eigenvalue weighted by Crippen LogP contribution is 2.44. The molecule has 5 N–H and O–H groups in total. The molecule has 1 saturated heterocycles. The Bertz CT molecular complexity index is 1200. The first-order valence-corrected chi connectivity index (χ1v) is 18.5. The number of nitrogens with two attached hydrogens (primary N) is 1. The molecule has 4 fully saturated rings. The molecule has 13 heteroatoms. The second-order valence-corrected chi connectivity index (χ2v) is 13.9. The van der Waals surface area contributed by atoms with E-state index < -0.39 is 5.92 Å². The van der Waals surface area contributed by atoms with E-state index in [2.05, 4.69) is 20.9 Å². The SMILES string of the molecule is NCCOCCNC(=O)C1CCC(NC(=O)CCCOC2CCC(OCCNC(=O)[C@H]3CC(=O)N(C4CC4)[C@@H]3c3cccnc3)CC2)CC1. The zero-order chi connectivity index (χ0) is 34.4. The van der Waals surface area contributed by atoms with Gasteiger partial charge in [-0.15, -0.1) is 0 Å². The first-order chi connectivity index (χ1) is 23.9. The van der Waals surface area contributed by atoms with Gasteiger partial charge in [0.1, 0.15) is 0 Å². The Balaban J connectivity index is 0.880. The van der Waals surface area contributed by atoms with E-state index in [4.69, 9.17) is 19.9 Å². The van der Waals surface area contributed by atoms with Crippen molar-refractivity contribution < 1.29 is 33.4 Å². The van der Waals surface area contributed by atoms with Crippen LogP contribution < -0.4 is 21.7 Å². The number of aromatic nitrogens is 1. The highest BCUT2D eigenvalue weighted by Gasteiger charge is 2.49. The van der Waals surface area contributed by atoms with Crippen molar-refractivity contribution in [3.05, 3.63) is 30.1 Å². The number of carbonyl (C=O) groups excluding carboxylic acids is 4. The molecular formula is C36H56N6O7. The van der Waals surface area contributed by atoms with Crippen molar-refractivity contribution in [1.29, 1.82) is 0 Å². The van der Waals surface area contributed by atoms with E-state index in [-0.39, 0.29) is 66.3 Å². The van der Waals surface area contributed by atoms with E-state index in [9.17, 15) is 19.2 Å². The highest BCUT2D eigenvalue weighted by atomic mass is 16.5. The summed E-state index contributed by atoms with van der Waals surface area (Å²) >= 11 is 0. The molecule has 0 aromatic carbocycles. The standard InChI is InChI=1S/C36H56N6O7/c37-15-20-47-21-17-39-35(45)25-5-7-27(8-6-25)41-32(43)4-2-19-48-29-11-13-30(14-12-29)49-22-18-40-36(46)31-23-33(44)42(28-9-10-28)34(31)26-3-1-16-38-24-26/h1,3,16,24-25,27-31,34H,2,4-15,17-23,37H2,(H,39,45)(H,40,46)(H,41,43)/t25?,27?,29?,30?,31-,34+/m0/s1. The van der Waals surface area contributed by atoms with E-state index in [0.29, 0.717) is 58.9 Å². The second kappa shape index (κ2) is 19.3. The quantitative estimate of drug-likeness (QED) is 0.159. The topological polar surface area (TPSA) is 174 Å². The van der Waals surface area contributed by atoms with Crippen molar-refractivity contribution in [2.75, 3.05) is 46.1 Å². The monoisotopic (exact) mass is 684 g/mol. The smallest absolute Gasteiger partial charge is 0.226 e. The minimum Gasteiger partial charge on any atom is -0.378 e. The van der Waals surface area contributed by atoms with Crippen LogP contribution >= 0.6 is 0 Å². The third-order valence-electron chi connectivity index (χ3n) is 10.2. The lowest BCUT2D eigenvalue weighted by Gasteiger charge is -2.29. The van der Waals surface area contributed by atoms with Crippen molar-refractivity contribution >= 4 is 23.6 Å². The number of hydrogen-bond acceptors (Lipinski definition) is 9. The molecule has 1 aromatic heterocycles. The van der Waals surface area contributed by atoms with Gasteiger partial charge in [0, 0.05) is 69.5 Å². The normalized spacial score (nSPS) is 27.1. The highest BCUT2D eigenvalue weighted by molar-refractivity contribution is 5.90. The number of hydrogen-bond donors (Lipinski definition) is 4. The Hall–Kier alpha value is -3.13. The Morgan fingerprint density at radius 1 is 0.857 bits per heavy atom. The second-order valence-electron chi connectivity index (χ2n) is 13.9. The number of carbonyl (C=O) groups is 4. The van der Waals surface area contributed by atoms with Crippen LogP contribution in [0.3, 0.4) is 0 Å². The van der Waals surface area contributed by atoms with Crippen LogP contribution in [-0.2, 0) is 33.4 Å². The molecule has 4 amide bonds. The summed E-state index contributed by atoms with van der Waals surface area (Å²) in [6.45, 7) is 3.33. The van der Waals surface area contributed by atoms with E-state index in [1.807, 2.05) is 17.0 Å². The van der Waals surface area contributed by atoms with Gasteiger partial charge in [0.2, 0.25) is 23.6 Å². The van der Waals surface area contributed by atoms with Gasteiger partial charge in [-0.25, -0.2) is 0 Å². The van der Waals surface area contributed by atoms with Gasteiger partial charge in [0.15, 0.2) is 0 Å². The molecule has 0 radical (unpaired) electrons. The summed E-state index contributed by atoms with van der Waals surface area (Å²) in [6.07, 6.45) is 13.9. The average molecular weight is 685 g/mol. The van der Waals surface area contributed by atoms with Crippen molar-refractivity contribution in [1.82, 2.24) is 25.8 Å². The van der Waals surface area contributed by atoms with Gasteiger partial charge < -0.3 is 40.8 Å². The summed E-state index contributed by atoms with van der Waals surface area (Å²) in [4.78, 5) is 57.0. The molecule has 2 atom stereocenters. The van der Waals surface area contributed by atoms with Crippen molar-refractivity contribution in [3.63, 3.8) is 0 Å². The summed E-state index contributed by atoms with van der Waals surface area (Å²) in [5.41, 5.74) is 6.31. The van der Waals surface area contributed by atoms with Crippen LogP contribution in [0.25, 0.3) is 0 Å². The number of likely N-dealkylation sites (tertiary alicyclic amines) is 1. The van der Waals surface area contributed by atoms with E-state index in [1.165, 1.54) is 0 Å². The van der Waals surface area contributed by atoms with Gasteiger partial charge in [-0.1, -0.05) is 6.07 Å². The molecule has 1 aromatic rings. The predicted octanol–water partition coefficient (Wildman–Crippen LogP) is 2.14. The average Bonchev–Trinajstić information content (AvgIpc) is 3.90. The molecule has 1 aliphatic heterocycles. The van der Waals surface area contributed by atoms with Crippen molar-refractivity contribution in [3.8, 4) is 0 Å². The van der Waals surface area contributed by atoms with Gasteiger partial charge in [-0.05, 0) is 82.3 Å². The fourth-order valence-electron chi connectivity index (χ4n) is 7.47. The Kier molecular flexibility index (Phi) is 14.6. The molecule has 49 heavy (non-hydrogen) atoms. The third-order valence-corrected chi connectivity index (χ3v) is 10.2. The third kappa shape index (κ3) is 11.4. The van der Waals surface area contributed by atoms with Crippen LogP contribution in [0.4, 0.5) is 0 Å². The molecule has 5 rings (SSSR count). The molecule has 0 spiro atoms. The summed E-state index contributed by atoms with van der Waals surface area (Å²) in [6, 6.07) is 3.91. The van der Waals surface area contributed by atoms with Crippen LogP contribution in [0.15, 0.2) is 24.5 Å². The predicted molar refractivity (Wildman–Crippen MR) is 182 cm³/mol. The maximum atomic E-state index is 13.2. The maximum Gasteiger partial charge on any atom is 0.226 e. The van der Waals surface area contributed by atoms with Crippen LogP contribution in [0.5, 0.6) is 0 Å². The molecular weight excluding hydrogens is 628 g/mol. The van der Waals surface area contributed by atoms with E-state index in [1.54, 1.807) is 12.4 Å². The first kappa shape index (κ1) is 37.1. The van der Waals surface area contributed by atoms with Gasteiger partial charge >= 0.3 is 0 Å². The van der Waals surface area contributed by atoms with E-state index in [0.717, 1.165) is 69.8 Å². The zero-order valence-electron chi connectivity index (χ0n) is 28.8. The summed E-state index contributed by atoms with van der Waals surface area (Å²) in [5.74, 6) is -0.365. The van der Waals surface area contributed by atoms with Crippen LogP contribution in [0.1, 0.15) is 95.1 Å². The number of ether oxygens (including phenoxy) is 3. The number of rotatable bonds is 19. The lowest BCUT2D eigenvalue weighted by atomic mass is 9.85. The number of nitrogens with one attached hydrogen (secondary N) is 3. The first-order valence-electron chi connectivity index (χ1n) is 18.5. The number of amides is 4. The number of nitrogens with zero attached hydrogens (tertiary/aromatic N) is 2. The minimum absolute atomic E-state index is 0.00302. The molecule has 272 valence electrons. The Morgan fingerprint density at radius 2 is 1.55 bits per heavy atom. The van der Waals surface area contributed by atoms with Gasteiger partial charge in [-0.2, -0.15) is 0 Å². The molecule has 2 heterocycles. The zero-order valence-corrected chi connectivity index (χ0v) is 28.8. The lowest BCUT2D eigenvalue weighted by molar-refractivity contribution is -0.130. The molecule has 3 aliphatic carbocycles. The van der Waals surface area contributed by atoms with Crippen LogP contribution in [-0.4, -0.2) is 104 Å². The van der Waals surface area contributed by atoms with E-state index >= 15 is 0 Å². The summed E-state index contributed by atoms with van der Waals surface area (Å²) in [5, 5.41) is 9.08. The maximum absolute atomic E-state index is 13.2. The van der Waals surface area contributed by atoms with Gasteiger partial charge in [0.25, 0.3) is 0 Å². The van der Waals surface area contributed by atoms with Crippen molar-refractivity contribution in [2.45, 2.75) is 114 Å².